The molecule has 2 aromatic rings. The minimum Gasteiger partial charge on any atom is -0.508 e. The third-order valence-corrected chi connectivity index (χ3v) is 1.77. The van der Waals surface area contributed by atoms with Gasteiger partial charge in [0.1, 0.15) is 5.75 Å². The molecule has 0 atom stereocenters. The lowest BCUT2D eigenvalue weighted by Crippen LogP contribution is -1.97. The van der Waals surface area contributed by atoms with Crippen LogP contribution in [0.4, 0.5) is 0 Å². The molecule has 0 aliphatic rings. The molecule has 0 amide bonds. The summed E-state index contributed by atoms with van der Waals surface area (Å²) >= 11 is 0. The third kappa shape index (κ3) is 1.82. The van der Waals surface area contributed by atoms with Crippen LogP contribution in [0.25, 0.3) is 0 Å². The molecule has 0 aliphatic heterocycles. The number of aromatic amines is 1. The molecule has 14 heavy (non-hydrogen) atoms. The van der Waals surface area contributed by atoms with Gasteiger partial charge in [-0.25, -0.2) is 4.79 Å². The van der Waals surface area contributed by atoms with E-state index in [1.54, 1.807) is 18.2 Å². The number of H-pyrrole nitrogens is 1. The van der Waals surface area contributed by atoms with Gasteiger partial charge in [0.15, 0.2) is 5.82 Å². The molecule has 0 unspecified atom stereocenters. The van der Waals surface area contributed by atoms with Gasteiger partial charge in [0, 0.05) is 6.42 Å². The van der Waals surface area contributed by atoms with Gasteiger partial charge in [-0.05, 0) is 17.7 Å². The topological polar surface area (TPSA) is 79.1 Å². The van der Waals surface area contributed by atoms with Crippen LogP contribution < -0.4 is 5.76 Å². The summed E-state index contributed by atoms with van der Waals surface area (Å²) in [5, 5.41) is 12.7. The maximum atomic E-state index is 10.6. The van der Waals surface area contributed by atoms with Crippen molar-refractivity contribution in [1.29, 1.82) is 0 Å². The van der Waals surface area contributed by atoms with Gasteiger partial charge in [-0.1, -0.05) is 17.3 Å². The summed E-state index contributed by atoms with van der Waals surface area (Å²) in [5.74, 6) is 0.0640. The predicted octanol–water partition coefficient (Wildman–Crippen LogP) is 0.659. The monoisotopic (exact) mass is 192 g/mol. The number of nitrogens with one attached hydrogen (secondary N) is 1. The minimum atomic E-state index is -0.569. The highest BCUT2D eigenvalue weighted by molar-refractivity contribution is 5.28. The van der Waals surface area contributed by atoms with Gasteiger partial charge in [-0.3, -0.25) is 9.51 Å². The van der Waals surface area contributed by atoms with E-state index in [1.165, 1.54) is 0 Å². The Morgan fingerprint density at radius 3 is 3.00 bits per heavy atom. The number of phenolic OH excluding ortho intramolecular Hbond substituents is 1. The van der Waals surface area contributed by atoms with E-state index in [0.29, 0.717) is 12.2 Å². The molecule has 0 spiro atoms. The van der Waals surface area contributed by atoms with Crippen molar-refractivity contribution in [2.75, 3.05) is 0 Å². The zero-order chi connectivity index (χ0) is 9.97. The first kappa shape index (κ1) is 8.55. The molecule has 0 fully saturated rings. The van der Waals surface area contributed by atoms with E-state index in [-0.39, 0.29) is 5.75 Å². The zero-order valence-electron chi connectivity index (χ0n) is 7.23. The number of phenols is 1. The van der Waals surface area contributed by atoms with Crippen molar-refractivity contribution < 1.29 is 9.63 Å². The van der Waals surface area contributed by atoms with Crippen molar-refractivity contribution in [1.82, 2.24) is 10.1 Å². The molecule has 2 N–H and O–H groups in total. The molecule has 0 aliphatic carbocycles. The molecule has 2 rings (SSSR count). The first-order valence-corrected chi connectivity index (χ1v) is 4.07. The maximum absolute atomic E-state index is 10.6. The quantitative estimate of drug-likeness (QED) is 0.732. The Hall–Kier alpha value is -2.04. The number of benzene rings is 1. The Labute approximate surface area is 79.0 Å². The first-order chi connectivity index (χ1) is 6.74. The fraction of sp³-hybridized carbons (Fsp3) is 0.111. The summed E-state index contributed by atoms with van der Waals surface area (Å²) in [6.07, 6.45) is 0.431. The van der Waals surface area contributed by atoms with Gasteiger partial charge >= 0.3 is 5.76 Å². The molecule has 0 saturated carbocycles. The molecular weight excluding hydrogens is 184 g/mol. The van der Waals surface area contributed by atoms with Crippen molar-refractivity contribution in [2.45, 2.75) is 6.42 Å². The van der Waals surface area contributed by atoms with E-state index in [1.807, 2.05) is 6.07 Å². The first-order valence-electron chi connectivity index (χ1n) is 4.07. The molecule has 5 heteroatoms. The number of aromatic nitrogens is 2. The van der Waals surface area contributed by atoms with Crippen LogP contribution >= 0.6 is 0 Å². The van der Waals surface area contributed by atoms with Gasteiger partial charge in [0.25, 0.3) is 0 Å². The van der Waals surface area contributed by atoms with Gasteiger partial charge in [0.2, 0.25) is 0 Å². The van der Waals surface area contributed by atoms with Crippen LogP contribution in [0, 0.1) is 0 Å². The molecule has 1 heterocycles. The summed E-state index contributed by atoms with van der Waals surface area (Å²) in [7, 11) is 0. The van der Waals surface area contributed by atoms with Gasteiger partial charge in [-0.2, -0.15) is 0 Å². The van der Waals surface area contributed by atoms with E-state index in [2.05, 4.69) is 14.7 Å². The van der Waals surface area contributed by atoms with Crippen molar-refractivity contribution in [3.8, 4) is 5.75 Å². The van der Waals surface area contributed by atoms with Crippen molar-refractivity contribution >= 4 is 0 Å². The van der Waals surface area contributed by atoms with E-state index in [4.69, 9.17) is 0 Å². The Kier molecular flexibility index (Phi) is 2.06. The summed E-state index contributed by atoms with van der Waals surface area (Å²) in [6.45, 7) is 0. The average molecular weight is 192 g/mol. The molecule has 1 aromatic carbocycles. The largest absolute Gasteiger partial charge is 0.508 e. The van der Waals surface area contributed by atoms with E-state index in [9.17, 15) is 9.90 Å². The van der Waals surface area contributed by atoms with Crippen LogP contribution in [-0.4, -0.2) is 15.2 Å². The SMILES string of the molecule is O=c1[nH]c(Cc2cccc(O)c2)no1. The average Bonchev–Trinajstić information content (AvgIpc) is 2.51. The Bertz CT molecular complexity index is 487. The van der Waals surface area contributed by atoms with Crippen molar-refractivity contribution in [2.24, 2.45) is 0 Å². The molecular formula is C9H8N2O3. The second-order valence-electron chi connectivity index (χ2n) is 2.89. The van der Waals surface area contributed by atoms with Crippen molar-refractivity contribution in [3.63, 3.8) is 0 Å². The summed E-state index contributed by atoms with van der Waals surface area (Å²) in [4.78, 5) is 13.0. The fourth-order valence-electron chi connectivity index (χ4n) is 1.20. The Balaban J connectivity index is 2.22. The second kappa shape index (κ2) is 3.37. The highest BCUT2D eigenvalue weighted by atomic mass is 16.5. The normalized spacial score (nSPS) is 10.3. The van der Waals surface area contributed by atoms with Crippen molar-refractivity contribution in [3.05, 3.63) is 46.2 Å². The fourth-order valence-corrected chi connectivity index (χ4v) is 1.20. The Morgan fingerprint density at radius 2 is 2.36 bits per heavy atom. The van der Waals surface area contributed by atoms with Gasteiger partial charge < -0.3 is 5.11 Å². The number of hydrogen-bond donors (Lipinski definition) is 2. The molecule has 0 radical (unpaired) electrons. The highest BCUT2D eigenvalue weighted by Crippen LogP contribution is 2.12. The van der Waals surface area contributed by atoms with Crippen LogP contribution in [0.15, 0.2) is 33.6 Å². The Morgan fingerprint density at radius 1 is 1.50 bits per heavy atom. The molecule has 0 bridgehead atoms. The van der Waals surface area contributed by atoms with Gasteiger partial charge in [0.05, 0.1) is 0 Å². The summed E-state index contributed by atoms with van der Waals surface area (Å²) < 4.78 is 4.34. The minimum absolute atomic E-state index is 0.188. The standard InChI is InChI=1S/C9H8N2O3/c12-7-3-1-2-6(4-7)5-8-10-9(13)14-11-8/h1-4,12H,5H2,(H,10,11,13). The smallest absolute Gasteiger partial charge is 0.438 e. The number of aromatic hydroxyl groups is 1. The molecule has 0 saturated heterocycles. The van der Waals surface area contributed by atoms with Crippen LogP contribution in [0.5, 0.6) is 5.75 Å². The highest BCUT2D eigenvalue weighted by Gasteiger charge is 2.02. The molecule has 72 valence electrons. The third-order valence-electron chi connectivity index (χ3n) is 1.77. The van der Waals surface area contributed by atoms with E-state index >= 15 is 0 Å². The molecule has 5 nitrogen and oxygen atoms in total. The van der Waals surface area contributed by atoms with E-state index < -0.39 is 5.76 Å². The van der Waals surface area contributed by atoms with Crippen LogP contribution in [0.3, 0.4) is 0 Å². The van der Waals surface area contributed by atoms with Gasteiger partial charge in [-0.15, -0.1) is 0 Å². The van der Waals surface area contributed by atoms with E-state index in [0.717, 1.165) is 5.56 Å². The second-order valence-corrected chi connectivity index (χ2v) is 2.89. The van der Waals surface area contributed by atoms with Crippen LogP contribution in [-0.2, 0) is 6.42 Å². The number of rotatable bonds is 2. The number of hydrogen-bond acceptors (Lipinski definition) is 4. The van der Waals surface area contributed by atoms with Crippen LogP contribution in [0.2, 0.25) is 0 Å². The predicted molar refractivity (Wildman–Crippen MR) is 48.0 cm³/mol. The summed E-state index contributed by atoms with van der Waals surface area (Å²) in [6, 6.07) is 6.73. The zero-order valence-corrected chi connectivity index (χ0v) is 7.23. The van der Waals surface area contributed by atoms with Crippen LogP contribution in [0.1, 0.15) is 11.4 Å². The molecule has 1 aromatic heterocycles. The lowest BCUT2D eigenvalue weighted by Gasteiger charge is -1.97. The summed E-state index contributed by atoms with van der Waals surface area (Å²) in [5.41, 5.74) is 0.856. The lowest BCUT2D eigenvalue weighted by molar-refractivity contribution is 0.382. The maximum Gasteiger partial charge on any atom is 0.438 e. The number of nitrogens with zero attached hydrogens (tertiary/aromatic N) is 1. The lowest BCUT2D eigenvalue weighted by atomic mass is 10.1.